The van der Waals surface area contributed by atoms with Crippen LogP contribution in [0.2, 0.25) is 0 Å². The Balaban J connectivity index is 0.00000133. The van der Waals surface area contributed by atoms with Gasteiger partial charge >= 0.3 is 35.5 Å². The average molecular weight is 778 g/mol. The zero-order valence-electron chi connectivity index (χ0n) is 20.0. The van der Waals surface area contributed by atoms with E-state index in [0.717, 1.165) is 0 Å². The first-order chi connectivity index (χ1) is 16.2. The molecule has 0 nitrogen and oxygen atoms in total. The van der Waals surface area contributed by atoms with Gasteiger partial charge in [-0.25, -0.2) is 0 Å². The van der Waals surface area contributed by atoms with E-state index in [0.29, 0.717) is 11.3 Å². The molecular weight excluding hydrogens is 744 g/mol. The van der Waals surface area contributed by atoms with Crippen LogP contribution in [-0.2, 0) is 16.1 Å². The standard InChI is InChI=1S/C29H30P2.CH3.HI.Pt/c1-24(30(26-15-7-3-8-16-26)27-17-9-4-10-18-27)23-25(2)31(28-19-11-5-12-20-28)29-21-13-6-14-22-29;;;/h3-22,24-25H,23H2,1-2H3;1H3;1H;/q;-1;;+2/p-1/t24-,25-;;;/m0.../s1. The SMILES string of the molecule is C[C@@H](C[C@H](C)P(c1ccccc1)c1ccccc1)P(c1ccccc1)c1ccccc1.[CH3-].[I][Pt+]. The van der Waals surface area contributed by atoms with E-state index < -0.39 is 15.8 Å². The van der Waals surface area contributed by atoms with Crippen molar-refractivity contribution in [3.05, 3.63) is 129 Å². The normalized spacial score (nSPS) is 12.3. The Labute approximate surface area is 231 Å². The van der Waals surface area contributed by atoms with Crippen molar-refractivity contribution in [3.63, 3.8) is 0 Å². The van der Waals surface area contributed by atoms with Gasteiger partial charge in [0.15, 0.2) is 0 Å². The van der Waals surface area contributed by atoms with Crippen LogP contribution in [0.1, 0.15) is 20.3 Å². The summed E-state index contributed by atoms with van der Waals surface area (Å²) in [5.41, 5.74) is 1.21. The molecule has 0 amide bonds. The van der Waals surface area contributed by atoms with Crippen LogP contribution in [-0.4, -0.2) is 11.3 Å². The Morgan fingerprint density at radius 2 is 0.706 bits per heavy atom. The molecule has 0 aliphatic heterocycles. The van der Waals surface area contributed by atoms with Crippen molar-refractivity contribution in [2.75, 3.05) is 0 Å². The summed E-state index contributed by atoms with van der Waals surface area (Å²) in [6.45, 7) is 4.93. The molecule has 0 saturated heterocycles. The number of benzene rings is 4. The van der Waals surface area contributed by atoms with Crippen molar-refractivity contribution in [1.82, 2.24) is 0 Å². The van der Waals surface area contributed by atoms with E-state index in [1.165, 1.54) is 27.6 Å². The summed E-state index contributed by atoms with van der Waals surface area (Å²) in [4.78, 5) is 0. The third kappa shape index (κ3) is 8.10. The Bertz CT molecular complexity index is 880. The molecule has 4 heteroatoms. The fourth-order valence-corrected chi connectivity index (χ4v) is 10.2. The molecule has 0 bridgehead atoms. The minimum atomic E-state index is -0.397. The summed E-state index contributed by atoms with van der Waals surface area (Å²) in [5.74, 6) is 0. The van der Waals surface area contributed by atoms with Crippen molar-refractivity contribution >= 4 is 56.4 Å². The summed E-state index contributed by atoms with van der Waals surface area (Å²) in [7, 11) is -0.794. The van der Waals surface area contributed by atoms with E-state index in [1.807, 2.05) is 0 Å². The van der Waals surface area contributed by atoms with Gasteiger partial charge in [-0.1, -0.05) is 135 Å². The summed E-state index contributed by atoms with van der Waals surface area (Å²) >= 11 is 4.23. The van der Waals surface area contributed by atoms with Crippen LogP contribution in [0.4, 0.5) is 0 Å². The molecule has 0 aromatic heterocycles. The monoisotopic (exact) mass is 777 g/mol. The molecule has 0 aliphatic rings. The first-order valence-electron chi connectivity index (χ1n) is 11.1. The van der Waals surface area contributed by atoms with Gasteiger partial charge in [-0.2, -0.15) is 0 Å². The van der Waals surface area contributed by atoms with Crippen molar-refractivity contribution in [1.29, 1.82) is 0 Å². The van der Waals surface area contributed by atoms with Gasteiger partial charge in [-0.15, -0.1) is 0 Å². The van der Waals surface area contributed by atoms with Crippen LogP contribution >= 0.6 is 35.2 Å². The van der Waals surface area contributed by atoms with Gasteiger partial charge in [-0.3, -0.25) is 0 Å². The molecule has 0 radical (unpaired) electrons. The van der Waals surface area contributed by atoms with E-state index in [-0.39, 0.29) is 7.43 Å². The molecule has 0 N–H and O–H groups in total. The summed E-state index contributed by atoms with van der Waals surface area (Å²) in [5, 5.41) is 5.92. The predicted molar refractivity (Wildman–Crippen MR) is 162 cm³/mol. The molecule has 4 aromatic carbocycles. The maximum atomic E-state index is 2.46. The number of hydrogen-bond acceptors (Lipinski definition) is 0. The summed E-state index contributed by atoms with van der Waals surface area (Å²) in [6, 6.07) is 44.5. The van der Waals surface area contributed by atoms with Crippen LogP contribution in [0.5, 0.6) is 0 Å². The van der Waals surface area contributed by atoms with Crippen LogP contribution in [0.3, 0.4) is 0 Å². The second-order valence-electron chi connectivity index (χ2n) is 8.02. The fourth-order valence-electron chi connectivity index (χ4n) is 4.37. The summed E-state index contributed by atoms with van der Waals surface area (Å²) in [6.07, 6.45) is 1.21. The Kier molecular flexibility index (Phi) is 13.8. The Morgan fingerprint density at radius 3 is 0.912 bits per heavy atom. The van der Waals surface area contributed by atoms with Gasteiger partial charge in [0.2, 0.25) is 0 Å². The van der Waals surface area contributed by atoms with Crippen LogP contribution in [0, 0.1) is 7.43 Å². The van der Waals surface area contributed by atoms with Crippen molar-refractivity contribution < 1.29 is 16.1 Å². The molecular formula is C30H33IP2Pt. The number of hydrogen-bond donors (Lipinski definition) is 0. The van der Waals surface area contributed by atoms with E-state index in [2.05, 4.69) is 171 Å². The van der Waals surface area contributed by atoms with Gasteiger partial charge in [-0.05, 0) is 54.8 Å². The fraction of sp³-hybridized carbons (Fsp3) is 0.167. The molecule has 34 heavy (non-hydrogen) atoms. The Morgan fingerprint density at radius 1 is 0.500 bits per heavy atom. The number of rotatable bonds is 8. The molecule has 0 spiro atoms. The molecule has 4 rings (SSSR count). The van der Waals surface area contributed by atoms with Gasteiger partial charge in [0.05, 0.1) is 0 Å². The van der Waals surface area contributed by atoms with E-state index in [1.54, 1.807) is 0 Å². The molecule has 0 aliphatic carbocycles. The molecule has 0 fully saturated rings. The maximum absolute atomic E-state index is 2.46. The van der Waals surface area contributed by atoms with Crippen molar-refractivity contribution in [2.24, 2.45) is 0 Å². The molecule has 0 saturated carbocycles. The summed E-state index contributed by atoms with van der Waals surface area (Å²) < 4.78 is 0. The number of halogens is 1. The van der Waals surface area contributed by atoms with Gasteiger partial charge in [0, 0.05) is 0 Å². The quantitative estimate of drug-likeness (QED) is 0.0977. The molecule has 180 valence electrons. The van der Waals surface area contributed by atoms with Crippen LogP contribution in [0.25, 0.3) is 0 Å². The van der Waals surface area contributed by atoms with Gasteiger partial charge < -0.3 is 7.43 Å². The van der Waals surface area contributed by atoms with Gasteiger partial charge in [0.1, 0.15) is 0 Å². The molecule has 4 aromatic rings. The third-order valence-corrected chi connectivity index (χ3v) is 11.3. The predicted octanol–water partition coefficient (Wildman–Crippen LogP) is 7.75. The second kappa shape index (κ2) is 16.0. The minimum absolute atomic E-state index is 0. The van der Waals surface area contributed by atoms with Gasteiger partial charge in [0.25, 0.3) is 0 Å². The van der Waals surface area contributed by atoms with Crippen LogP contribution < -0.4 is 21.2 Å². The van der Waals surface area contributed by atoms with Crippen molar-refractivity contribution in [3.8, 4) is 0 Å². The third-order valence-electron chi connectivity index (χ3n) is 5.70. The van der Waals surface area contributed by atoms with E-state index >= 15 is 0 Å². The zero-order valence-corrected chi connectivity index (χ0v) is 26.2. The molecule has 0 heterocycles. The first kappa shape index (κ1) is 29.4. The van der Waals surface area contributed by atoms with E-state index in [9.17, 15) is 0 Å². The zero-order chi connectivity index (χ0) is 23.5. The van der Waals surface area contributed by atoms with Crippen molar-refractivity contribution in [2.45, 2.75) is 31.6 Å². The van der Waals surface area contributed by atoms with Crippen LogP contribution in [0.15, 0.2) is 121 Å². The topological polar surface area (TPSA) is 0 Å². The second-order valence-corrected chi connectivity index (χ2v) is 13.3. The first-order valence-corrected chi connectivity index (χ1v) is 20.4. The average Bonchev–Trinajstić information content (AvgIpc) is 2.88. The van der Waals surface area contributed by atoms with E-state index in [4.69, 9.17) is 0 Å². The Hall–Kier alpha value is -0.842. The molecule has 0 unspecified atom stereocenters. The molecule has 2 atom stereocenters.